The van der Waals surface area contributed by atoms with E-state index in [0.717, 1.165) is 0 Å². The maximum absolute atomic E-state index is 5.85. The molecule has 1 aromatic heterocycles. The van der Waals surface area contributed by atoms with Crippen LogP contribution in [0.5, 0.6) is 0 Å². The molecule has 1 aromatic rings. The second-order valence-corrected chi connectivity index (χ2v) is 6.63. The fraction of sp³-hybridized carbons (Fsp3) is 0.733. The molecule has 1 aliphatic carbocycles. The van der Waals surface area contributed by atoms with Crippen molar-refractivity contribution in [2.24, 2.45) is 5.92 Å². The highest BCUT2D eigenvalue weighted by atomic mass is 32.1. The van der Waals surface area contributed by atoms with E-state index in [-0.39, 0.29) is 0 Å². The summed E-state index contributed by atoms with van der Waals surface area (Å²) in [4.78, 5) is 2.79. The van der Waals surface area contributed by atoms with Crippen LogP contribution in [-0.4, -0.2) is 20.3 Å². The van der Waals surface area contributed by atoms with E-state index in [2.05, 4.69) is 31.4 Å². The van der Waals surface area contributed by atoms with Crippen molar-refractivity contribution in [3.05, 3.63) is 21.9 Å². The number of aryl methyl sites for hydroxylation is 1. The fourth-order valence-corrected chi connectivity index (χ4v) is 4.18. The molecule has 1 fully saturated rings. The van der Waals surface area contributed by atoms with E-state index in [1.165, 1.54) is 41.9 Å². The highest BCUT2D eigenvalue weighted by Crippen LogP contribution is 2.35. The third-order valence-electron chi connectivity index (χ3n) is 4.09. The van der Waals surface area contributed by atoms with Crippen molar-refractivity contribution in [2.45, 2.75) is 51.2 Å². The minimum Gasteiger partial charge on any atom is -0.379 e. The van der Waals surface area contributed by atoms with Crippen LogP contribution >= 0.6 is 11.3 Å². The van der Waals surface area contributed by atoms with Gasteiger partial charge in [-0.25, -0.2) is 0 Å². The molecule has 2 nitrogen and oxygen atoms in total. The van der Waals surface area contributed by atoms with Crippen LogP contribution in [0, 0.1) is 12.8 Å². The predicted molar refractivity (Wildman–Crippen MR) is 78.2 cm³/mol. The van der Waals surface area contributed by atoms with Crippen LogP contribution in [0.15, 0.2) is 12.1 Å². The van der Waals surface area contributed by atoms with Crippen molar-refractivity contribution in [1.82, 2.24) is 5.32 Å². The van der Waals surface area contributed by atoms with Crippen molar-refractivity contribution in [2.75, 3.05) is 14.2 Å². The first-order chi connectivity index (χ1) is 8.76. The van der Waals surface area contributed by atoms with Gasteiger partial charge in [0.1, 0.15) is 0 Å². The molecule has 2 rings (SSSR count). The molecule has 0 aromatic carbocycles. The van der Waals surface area contributed by atoms with Crippen LogP contribution in [-0.2, 0) is 4.74 Å². The van der Waals surface area contributed by atoms with Gasteiger partial charge in [-0.05, 0) is 44.9 Å². The van der Waals surface area contributed by atoms with E-state index in [1.807, 2.05) is 18.4 Å². The zero-order valence-corrected chi connectivity index (χ0v) is 12.6. The minimum absolute atomic E-state index is 0.313. The highest BCUT2D eigenvalue weighted by Gasteiger charge is 2.31. The fourth-order valence-electron chi connectivity index (χ4n) is 3.15. The van der Waals surface area contributed by atoms with Gasteiger partial charge < -0.3 is 10.1 Å². The summed E-state index contributed by atoms with van der Waals surface area (Å²) in [6.45, 7) is 2.17. The third kappa shape index (κ3) is 3.14. The van der Waals surface area contributed by atoms with Crippen molar-refractivity contribution in [1.29, 1.82) is 0 Å². The average Bonchev–Trinajstić information content (AvgIpc) is 2.83. The Balaban J connectivity index is 2.12. The first-order valence-corrected chi connectivity index (χ1v) is 7.84. The number of methoxy groups -OCH3 is 1. The third-order valence-corrected chi connectivity index (χ3v) is 5.18. The molecule has 1 heterocycles. The van der Waals surface area contributed by atoms with Crippen molar-refractivity contribution in [3.8, 4) is 0 Å². The Morgan fingerprint density at radius 2 is 2.00 bits per heavy atom. The van der Waals surface area contributed by atoms with Gasteiger partial charge >= 0.3 is 0 Å². The minimum atomic E-state index is 0.313. The summed E-state index contributed by atoms with van der Waals surface area (Å²) in [7, 11) is 3.92. The van der Waals surface area contributed by atoms with Gasteiger partial charge in [0, 0.05) is 16.9 Å². The molecule has 1 saturated carbocycles. The van der Waals surface area contributed by atoms with Crippen molar-refractivity contribution < 1.29 is 4.74 Å². The van der Waals surface area contributed by atoms with Crippen LogP contribution in [0.3, 0.4) is 0 Å². The summed E-state index contributed by atoms with van der Waals surface area (Å²) in [5.74, 6) is 0.712. The van der Waals surface area contributed by atoms with E-state index >= 15 is 0 Å². The van der Waals surface area contributed by atoms with Crippen molar-refractivity contribution in [3.63, 3.8) is 0 Å². The first-order valence-electron chi connectivity index (χ1n) is 7.02. The van der Waals surface area contributed by atoms with Gasteiger partial charge in [-0.3, -0.25) is 0 Å². The molecule has 0 amide bonds. The van der Waals surface area contributed by atoms with Crippen LogP contribution in [0.2, 0.25) is 0 Å². The van der Waals surface area contributed by atoms with Gasteiger partial charge in [0.25, 0.3) is 0 Å². The summed E-state index contributed by atoms with van der Waals surface area (Å²) in [5.41, 5.74) is 0. The Hall–Kier alpha value is -0.380. The molecule has 0 spiro atoms. The van der Waals surface area contributed by atoms with Gasteiger partial charge in [-0.1, -0.05) is 19.3 Å². The van der Waals surface area contributed by atoms with E-state index in [0.29, 0.717) is 18.1 Å². The highest BCUT2D eigenvalue weighted by molar-refractivity contribution is 7.12. The maximum atomic E-state index is 5.85. The number of rotatable bonds is 5. The lowest BCUT2D eigenvalue weighted by Gasteiger charge is -2.34. The average molecular weight is 267 g/mol. The quantitative estimate of drug-likeness (QED) is 0.873. The molecule has 102 valence electrons. The van der Waals surface area contributed by atoms with Gasteiger partial charge in [-0.15, -0.1) is 11.3 Å². The Labute approximate surface area is 115 Å². The lowest BCUT2D eigenvalue weighted by Crippen LogP contribution is -2.37. The normalized spacial score (nSPS) is 20.8. The van der Waals surface area contributed by atoms with E-state index < -0.39 is 0 Å². The lowest BCUT2D eigenvalue weighted by atomic mass is 9.82. The monoisotopic (exact) mass is 267 g/mol. The molecule has 1 aliphatic rings. The Kier molecular flexibility index (Phi) is 5.22. The summed E-state index contributed by atoms with van der Waals surface area (Å²) in [6, 6.07) is 4.80. The molecule has 0 bridgehead atoms. The SMILES string of the molecule is CNC(c1ccc(C)s1)C(OC)C1CCCCC1. The molecule has 1 N–H and O–H groups in total. The van der Waals surface area contributed by atoms with Gasteiger partial charge in [-0.2, -0.15) is 0 Å². The lowest BCUT2D eigenvalue weighted by molar-refractivity contribution is 0.0103. The summed E-state index contributed by atoms with van der Waals surface area (Å²) >= 11 is 1.89. The summed E-state index contributed by atoms with van der Waals surface area (Å²) in [6.07, 6.45) is 7.08. The number of thiophene rings is 1. The van der Waals surface area contributed by atoms with Crippen LogP contribution in [0.4, 0.5) is 0 Å². The van der Waals surface area contributed by atoms with Crippen LogP contribution in [0.1, 0.15) is 47.9 Å². The predicted octanol–water partition coefficient (Wildman–Crippen LogP) is 3.91. The maximum Gasteiger partial charge on any atom is 0.0801 e. The topological polar surface area (TPSA) is 21.3 Å². The van der Waals surface area contributed by atoms with Gasteiger partial charge in [0.2, 0.25) is 0 Å². The standard InChI is InChI=1S/C15H25NOS/c1-11-9-10-13(18-11)14(16-2)15(17-3)12-7-5-4-6-8-12/h9-10,12,14-16H,4-8H2,1-3H3. The molecule has 3 heteroatoms. The Morgan fingerprint density at radius 3 is 2.50 bits per heavy atom. The second-order valence-electron chi connectivity index (χ2n) is 5.31. The molecule has 2 atom stereocenters. The number of hydrogen-bond acceptors (Lipinski definition) is 3. The molecule has 2 unspecified atom stereocenters. The smallest absolute Gasteiger partial charge is 0.0801 e. The molecular weight excluding hydrogens is 242 g/mol. The van der Waals surface area contributed by atoms with Crippen LogP contribution < -0.4 is 5.32 Å². The molecule has 0 aliphatic heterocycles. The van der Waals surface area contributed by atoms with E-state index in [9.17, 15) is 0 Å². The van der Waals surface area contributed by atoms with E-state index in [4.69, 9.17) is 4.74 Å². The van der Waals surface area contributed by atoms with Crippen molar-refractivity contribution >= 4 is 11.3 Å². The number of hydrogen-bond donors (Lipinski definition) is 1. The number of likely N-dealkylation sites (N-methyl/N-ethyl adjacent to an activating group) is 1. The zero-order valence-electron chi connectivity index (χ0n) is 11.7. The van der Waals surface area contributed by atoms with E-state index in [1.54, 1.807) is 0 Å². The first kappa shape index (κ1) is 14.0. The largest absolute Gasteiger partial charge is 0.379 e. The molecule has 18 heavy (non-hydrogen) atoms. The van der Waals surface area contributed by atoms with Crippen LogP contribution in [0.25, 0.3) is 0 Å². The second kappa shape index (κ2) is 6.69. The van der Waals surface area contributed by atoms with Gasteiger partial charge in [0.15, 0.2) is 0 Å². The molecule has 0 saturated heterocycles. The summed E-state index contributed by atoms with van der Waals surface area (Å²) < 4.78 is 5.85. The molecular formula is C15H25NOS. The zero-order chi connectivity index (χ0) is 13.0. The van der Waals surface area contributed by atoms with Gasteiger partial charge in [0.05, 0.1) is 12.1 Å². The Morgan fingerprint density at radius 1 is 1.28 bits per heavy atom. The Bertz CT molecular complexity index is 357. The molecule has 0 radical (unpaired) electrons. The number of nitrogens with one attached hydrogen (secondary N) is 1. The summed E-state index contributed by atoms with van der Waals surface area (Å²) in [5, 5.41) is 3.47. The number of ether oxygens (including phenoxy) is 1.